The average Bonchev–Trinajstić information content (AvgIpc) is 3.07. The Labute approximate surface area is 141 Å². The molecule has 118 valence electrons. The number of amides is 2. The molecule has 0 radical (unpaired) electrons. The van der Waals surface area contributed by atoms with E-state index in [0.29, 0.717) is 11.6 Å². The third kappa shape index (κ3) is 3.75. The first-order valence-corrected chi connectivity index (χ1v) is 8.72. The van der Waals surface area contributed by atoms with Crippen molar-refractivity contribution in [1.82, 2.24) is 4.98 Å². The molecule has 2 heterocycles. The summed E-state index contributed by atoms with van der Waals surface area (Å²) in [5.41, 5.74) is 2.55. The van der Waals surface area contributed by atoms with Crippen molar-refractivity contribution in [3.05, 3.63) is 40.1 Å². The Morgan fingerprint density at radius 1 is 1.26 bits per heavy atom. The van der Waals surface area contributed by atoms with E-state index in [0.717, 1.165) is 26.3 Å². The molecular formula is C16H15N3O2S2. The standard InChI is InChI=1S/C16H15N3O2S2/c1-9-6-11(18-14(21)8-12-4-3-5-22-12)7-13-15(9)19-16(23-13)17-10(2)20/h3-7H,8H2,1-2H3,(H,18,21)(H,17,19,20). The Morgan fingerprint density at radius 3 is 2.78 bits per heavy atom. The molecule has 2 amide bonds. The van der Waals surface area contributed by atoms with Gasteiger partial charge in [0.05, 0.1) is 16.6 Å². The third-order valence-corrected chi connectivity index (χ3v) is 4.96. The molecule has 7 heteroatoms. The monoisotopic (exact) mass is 345 g/mol. The molecule has 5 nitrogen and oxygen atoms in total. The van der Waals surface area contributed by atoms with E-state index in [1.807, 2.05) is 36.6 Å². The second-order valence-electron chi connectivity index (χ2n) is 5.14. The summed E-state index contributed by atoms with van der Waals surface area (Å²) in [4.78, 5) is 28.7. The molecule has 0 atom stereocenters. The van der Waals surface area contributed by atoms with Crippen molar-refractivity contribution >= 4 is 55.5 Å². The molecule has 0 fully saturated rings. The highest BCUT2D eigenvalue weighted by Crippen LogP contribution is 2.31. The number of thiophene rings is 1. The molecule has 0 saturated heterocycles. The van der Waals surface area contributed by atoms with E-state index in [1.165, 1.54) is 18.3 Å². The number of anilines is 2. The van der Waals surface area contributed by atoms with E-state index in [9.17, 15) is 9.59 Å². The van der Waals surface area contributed by atoms with Gasteiger partial charge in [-0.1, -0.05) is 17.4 Å². The molecular weight excluding hydrogens is 330 g/mol. The van der Waals surface area contributed by atoms with Crippen LogP contribution in [0.1, 0.15) is 17.4 Å². The molecule has 2 N–H and O–H groups in total. The lowest BCUT2D eigenvalue weighted by molar-refractivity contribution is -0.115. The highest BCUT2D eigenvalue weighted by Gasteiger charge is 2.11. The SMILES string of the molecule is CC(=O)Nc1nc2c(C)cc(NC(=O)Cc3cccs3)cc2s1. The van der Waals surface area contributed by atoms with Gasteiger partial charge in [0.25, 0.3) is 0 Å². The molecule has 0 spiro atoms. The van der Waals surface area contributed by atoms with E-state index in [4.69, 9.17) is 0 Å². The highest BCUT2D eigenvalue weighted by molar-refractivity contribution is 7.22. The first kappa shape index (κ1) is 15.6. The van der Waals surface area contributed by atoms with Crippen LogP contribution in [-0.2, 0) is 16.0 Å². The van der Waals surface area contributed by atoms with Crippen LogP contribution in [0.25, 0.3) is 10.2 Å². The van der Waals surface area contributed by atoms with Gasteiger partial charge in [-0.15, -0.1) is 11.3 Å². The second-order valence-corrected chi connectivity index (χ2v) is 7.21. The van der Waals surface area contributed by atoms with E-state index in [1.54, 1.807) is 11.3 Å². The van der Waals surface area contributed by atoms with Crippen LogP contribution in [-0.4, -0.2) is 16.8 Å². The van der Waals surface area contributed by atoms with Crippen molar-refractivity contribution in [2.75, 3.05) is 10.6 Å². The van der Waals surface area contributed by atoms with Crippen molar-refractivity contribution in [3.8, 4) is 0 Å². The molecule has 0 saturated carbocycles. The fourth-order valence-corrected chi connectivity index (χ4v) is 3.98. The average molecular weight is 345 g/mol. The third-order valence-electron chi connectivity index (χ3n) is 3.17. The predicted molar refractivity (Wildman–Crippen MR) is 95.3 cm³/mol. The second kappa shape index (κ2) is 6.47. The molecule has 23 heavy (non-hydrogen) atoms. The normalized spacial score (nSPS) is 10.7. The van der Waals surface area contributed by atoms with Crippen molar-refractivity contribution in [2.45, 2.75) is 20.3 Å². The summed E-state index contributed by atoms with van der Waals surface area (Å²) in [5.74, 6) is -0.191. The van der Waals surface area contributed by atoms with Crippen molar-refractivity contribution < 1.29 is 9.59 Å². The number of hydrogen-bond acceptors (Lipinski definition) is 5. The largest absolute Gasteiger partial charge is 0.326 e. The zero-order valence-corrected chi connectivity index (χ0v) is 14.3. The minimum Gasteiger partial charge on any atom is -0.326 e. The summed E-state index contributed by atoms with van der Waals surface area (Å²) >= 11 is 2.96. The number of benzene rings is 1. The zero-order valence-electron chi connectivity index (χ0n) is 12.7. The fourth-order valence-electron chi connectivity index (χ4n) is 2.25. The Bertz CT molecular complexity index is 869. The summed E-state index contributed by atoms with van der Waals surface area (Å²) < 4.78 is 0.931. The van der Waals surface area contributed by atoms with Crippen LogP contribution >= 0.6 is 22.7 Å². The Kier molecular flexibility index (Phi) is 4.40. The summed E-state index contributed by atoms with van der Waals surface area (Å²) in [6, 6.07) is 7.66. The number of rotatable bonds is 4. The summed E-state index contributed by atoms with van der Waals surface area (Å²) in [6.07, 6.45) is 0.370. The number of aryl methyl sites for hydroxylation is 1. The van der Waals surface area contributed by atoms with Gasteiger partial charge in [0, 0.05) is 17.5 Å². The van der Waals surface area contributed by atoms with Gasteiger partial charge in [0.1, 0.15) is 0 Å². The lowest BCUT2D eigenvalue weighted by Gasteiger charge is -2.06. The molecule has 0 aliphatic carbocycles. The minimum atomic E-state index is -0.147. The predicted octanol–water partition coefficient (Wildman–Crippen LogP) is 3.81. The van der Waals surface area contributed by atoms with Crippen LogP contribution in [0, 0.1) is 6.92 Å². The van der Waals surface area contributed by atoms with Gasteiger partial charge < -0.3 is 10.6 Å². The molecule has 0 bridgehead atoms. The van der Waals surface area contributed by atoms with Crippen LogP contribution in [0.3, 0.4) is 0 Å². The number of aromatic nitrogens is 1. The highest BCUT2D eigenvalue weighted by atomic mass is 32.1. The van der Waals surface area contributed by atoms with E-state index in [-0.39, 0.29) is 11.8 Å². The van der Waals surface area contributed by atoms with Gasteiger partial charge >= 0.3 is 0 Å². The molecule has 0 unspecified atom stereocenters. The van der Waals surface area contributed by atoms with Gasteiger partial charge in [-0.2, -0.15) is 0 Å². The lowest BCUT2D eigenvalue weighted by atomic mass is 10.2. The van der Waals surface area contributed by atoms with Gasteiger partial charge in [-0.3, -0.25) is 9.59 Å². The van der Waals surface area contributed by atoms with Crippen LogP contribution in [0.15, 0.2) is 29.6 Å². The van der Waals surface area contributed by atoms with E-state index >= 15 is 0 Å². The maximum absolute atomic E-state index is 12.1. The lowest BCUT2D eigenvalue weighted by Crippen LogP contribution is -2.13. The molecule has 2 aromatic heterocycles. The first-order valence-electron chi connectivity index (χ1n) is 7.02. The number of thiazole rings is 1. The molecule has 1 aromatic carbocycles. The molecule has 0 aliphatic rings. The van der Waals surface area contributed by atoms with E-state index < -0.39 is 0 Å². The number of nitrogens with zero attached hydrogens (tertiary/aromatic N) is 1. The summed E-state index contributed by atoms with van der Waals surface area (Å²) in [5, 5.41) is 8.14. The van der Waals surface area contributed by atoms with Gasteiger partial charge in [0.15, 0.2) is 5.13 Å². The Morgan fingerprint density at radius 2 is 2.09 bits per heavy atom. The van der Waals surface area contributed by atoms with Crippen LogP contribution in [0.5, 0.6) is 0 Å². The quantitative estimate of drug-likeness (QED) is 0.755. The number of carbonyl (C=O) groups excluding carboxylic acids is 2. The number of fused-ring (bicyclic) bond motifs is 1. The Balaban J connectivity index is 1.81. The topological polar surface area (TPSA) is 71.1 Å². The fraction of sp³-hybridized carbons (Fsp3) is 0.188. The molecule has 3 aromatic rings. The van der Waals surface area contributed by atoms with Gasteiger partial charge in [-0.25, -0.2) is 4.98 Å². The van der Waals surface area contributed by atoms with Crippen LogP contribution in [0.4, 0.5) is 10.8 Å². The number of hydrogen-bond donors (Lipinski definition) is 2. The minimum absolute atomic E-state index is 0.0437. The van der Waals surface area contributed by atoms with Crippen LogP contribution in [0.2, 0.25) is 0 Å². The Hall–Kier alpha value is -2.25. The maximum Gasteiger partial charge on any atom is 0.229 e. The van der Waals surface area contributed by atoms with Gasteiger partial charge in [0.2, 0.25) is 11.8 Å². The molecule has 3 rings (SSSR count). The van der Waals surface area contributed by atoms with E-state index in [2.05, 4.69) is 15.6 Å². The van der Waals surface area contributed by atoms with Crippen molar-refractivity contribution in [1.29, 1.82) is 0 Å². The van der Waals surface area contributed by atoms with Gasteiger partial charge in [-0.05, 0) is 36.1 Å². The zero-order chi connectivity index (χ0) is 16.4. The number of nitrogens with one attached hydrogen (secondary N) is 2. The van der Waals surface area contributed by atoms with Crippen molar-refractivity contribution in [3.63, 3.8) is 0 Å². The first-order chi connectivity index (χ1) is 11.0. The smallest absolute Gasteiger partial charge is 0.229 e. The summed E-state index contributed by atoms with van der Waals surface area (Å²) in [7, 11) is 0. The van der Waals surface area contributed by atoms with Crippen molar-refractivity contribution in [2.24, 2.45) is 0 Å². The molecule has 0 aliphatic heterocycles. The number of carbonyl (C=O) groups is 2. The van der Waals surface area contributed by atoms with Crippen LogP contribution < -0.4 is 10.6 Å². The summed E-state index contributed by atoms with van der Waals surface area (Å²) in [6.45, 7) is 3.39. The maximum atomic E-state index is 12.1.